The van der Waals surface area contributed by atoms with E-state index in [1.165, 1.54) is 12.8 Å². The van der Waals surface area contributed by atoms with Gasteiger partial charge in [0, 0.05) is 5.92 Å². The number of aromatic nitrogens is 2. The maximum absolute atomic E-state index is 6.46. The molecule has 2 N–H and O–H groups in total. The third kappa shape index (κ3) is 1.75. The Bertz CT molecular complexity index is 361. The van der Waals surface area contributed by atoms with Crippen LogP contribution in [-0.2, 0) is 5.54 Å². The van der Waals surface area contributed by atoms with E-state index in [9.17, 15) is 0 Å². The number of hydrogen-bond donors (Lipinski definition) is 1. The lowest BCUT2D eigenvalue weighted by molar-refractivity contribution is 0.281. The molecule has 4 nitrogen and oxygen atoms in total. The summed E-state index contributed by atoms with van der Waals surface area (Å²) in [5, 5.41) is 4.08. The van der Waals surface area contributed by atoms with Crippen molar-refractivity contribution in [3.63, 3.8) is 0 Å². The van der Waals surface area contributed by atoms with Gasteiger partial charge in [-0.05, 0) is 18.8 Å². The van der Waals surface area contributed by atoms with Gasteiger partial charge in [-0.1, -0.05) is 38.8 Å². The quantitative estimate of drug-likeness (QED) is 0.855. The Labute approximate surface area is 96.6 Å². The fourth-order valence-corrected chi connectivity index (χ4v) is 2.62. The van der Waals surface area contributed by atoms with E-state index in [4.69, 9.17) is 10.3 Å². The highest BCUT2D eigenvalue weighted by Gasteiger charge is 2.43. The second-order valence-corrected chi connectivity index (χ2v) is 5.15. The molecular formula is C12H21N3O. The molecule has 1 heterocycles. The van der Waals surface area contributed by atoms with Crippen LogP contribution in [0.3, 0.4) is 0 Å². The monoisotopic (exact) mass is 223 g/mol. The van der Waals surface area contributed by atoms with Gasteiger partial charge in [0.25, 0.3) is 0 Å². The van der Waals surface area contributed by atoms with Crippen LogP contribution in [0.2, 0.25) is 0 Å². The van der Waals surface area contributed by atoms with Crippen LogP contribution in [0.25, 0.3) is 0 Å². The van der Waals surface area contributed by atoms with Crippen molar-refractivity contribution in [1.82, 2.24) is 10.1 Å². The van der Waals surface area contributed by atoms with E-state index >= 15 is 0 Å². The van der Waals surface area contributed by atoms with Gasteiger partial charge in [0.15, 0.2) is 5.82 Å². The Morgan fingerprint density at radius 2 is 2.31 bits per heavy atom. The van der Waals surface area contributed by atoms with Gasteiger partial charge in [0.1, 0.15) is 0 Å². The second kappa shape index (κ2) is 4.17. The van der Waals surface area contributed by atoms with Crippen molar-refractivity contribution < 1.29 is 4.52 Å². The zero-order chi connectivity index (χ0) is 11.8. The smallest absolute Gasteiger partial charge is 0.229 e. The number of nitrogens with two attached hydrogens (primary N) is 1. The number of hydrogen-bond acceptors (Lipinski definition) is 4. The zero-order valence-electron chi connectivity index (χ0n) is 10.4. The first-order valence-corrected chi connectivity index (χ1v) is 6.21. The highest BCUT2D eigenvalue weighted by Crippen LogP contribution is 2.42. The minimum absolute atomic E-state index is 0.270. The second-order valence-electron chi connectivity index (χ2n) is 5.15. The van der Waals surface area contributed by atoms with Gasteiger partial charge in [0.05, 0.1) is 5.54 Å². The molecule has 1 aliphatic rings. The lowest BCUT2D eigenvalue weighted by Crippen LogP contribution is -2.41. The normalized spacial score (nSPS) is 30.2. The largest absolute Gasteiger partial charge is 0.339 e. The van der Waals surface area contributed by atoms with Crippen molar-refractivity contribution in [2.24, 2.45) is 11.7 Å². The molecule has 1 aromatic rings. The predicted octanol–water partition coefficient (Wildman–Crippen LogP) is 2.56. The maximum Gasteiger partial charge on any atom is 0.229 e. The van der Waals surface area contributed by atoms with Gasteiger partial charge in [-0.25, -0.2) is 0 Å². The number of rotatable bonds is 3. The Hall–Kier alpha value is -0.900. The van der Waals surface area contributed by atoms with E-state index < -0.39 is 0 Å². The zero-order valence-corrected chi connectivity index (χ0v) is 10.4. The summed E-state index contributed by atoms with van der Waals surface area (Å²) in [5.41, 5.74) is 6.11. The summed E-state index contributed by atoms with van der Waals surface area (Å²) in [7, 11) is 0. The third-order valence-electron chi connectivity index (χ3n) is 3.72. The molecular weight excluding hydrogens is 202 g/mol. The third-order valence-corrected chi connectivity index (χ3v) is 3.72. The molecule has 16 heavy (non-hydrogen) atoms. The van der Waals surface area contributed by atoms with Gasteiger partial charge in [0.2, 0.25) is 5.89 Å². The molecule has 2 unspecified atom stereocenters. The minimum atomic E-state index is -0.356. The topological polar surface area (TPSA) is 64.9 Å². The average Bonchev–Trinajstić information content (AvgIpc) is 2.83. The van der Waals surface area contributed by atoms with Crippen LogP contribution in [0.5, 0.6) is 0 Å². The molecule has 90 valence electrons. The number of nitrogens with zero attached hydrogens (tertiary/aromatic N) is 2. The SMILES string of the molecule is CCC1CCCC1(N)c1noc(C(C)C)n1. The first-order chi connectivity index (χ1) is 7.58. The van der Waals surface area contributed by atoms with Gasteiger partial charge >= 0.3 is 0 Å². The van der Waals surface area contributed by atoms with Gasteiger partial charge in [-0.3, -0.25) is 0 Å². The summed E-state index contributed by atoms with van der Waals surface area (Å²) in [5.74, 6) is 2.17. The van der Waals surface area contributed by atoms with E-state index in [1.807, 2.05) is 13.8 Å². The molecule has 0 amide bonds. The van der Waals surface area contributed by atoms with Gasteiger partial charge in [-0.2, -0.15) is 4.98 Å². The van der Waals surface area contributed by atoms with Crippen LogP contribution in [-0.4, -0.2) is 10.1 Å². The Kier molecular flexibility index (Phi) is 3.02. The fourth-order valence-electron chi connectivity index (χ4n) is 2.62. The first-order valence-electron chi connectivity index (χ1n) is 6.21. The molecule has 1 fully saturated rings. The van der Waals surface area contributed by atoms with Crippen LogP contribution in [0.4, 0.5) is 0 Å². The lowest BCUT2D eigenvalue weighted by Gasteiger charge is -2.26. The van der Waals surface area contributed by atoms with Crippen LogP contribution >= 0.6 is 0 Å². The van der Waals surface area contributed by atoms with E-state index in [-0.39, 0.29) is 11.5 Å². The van der Waals surface area contributed by atoms with Gasteiger partial charge < -0.3 is 10.3 Å². The summed E-state index contributed by atoms with van der Waals surface area (Å²) in [6.45, 7) is 6.28. The highest BCUT2D eigenvalue weighted by atomic mass is 16.5. The molecule has 0 aliphatic heterocycles. The van der Waals surface area contributed by atoms with Crippen molar-refractivity contribution >= 4 is 0 Å². The van der Waals surface area contributed by atoms with Crippen LogP contribution in [0, 0.1) is 5.92 Å². The van der Waals surface area contributed by atoms with Crippen molar-refractivity contribution in [3.8, 4) is 0 Å². The lowest BCUT2D eigenvalue weighted by atomic mass is 9.85. The maximum atomic E-state index is 6.46. The Morgan fingerprint density at radius 3 is 2.88 bits per heavy atom. The van der Waals surface area contributed by atoms with Crippen molar-refractivity contribution in [3.05, 3.63) is 11.7 Å². The summed E-state index contributed by atoms with van der Waals surface area (Å²) < 4.78 is 5.26. The minimum Gasteiger partial charge on any atom is -0.339 e. The van der Waals surface area contributed by atoms with E-state index in [1.54, 1.807) is 0 Å². The molecule has 2 rings (SSSR count). The predicted molar refractivity (Wildman–Crippen MR) is 61.9 cm³/mol. The van der Waals surface area contributed by atoms with E-state index in [0.29, 0.717) is 17.6 Å². The summed E-state index contributed by atoms with van der Waals surface area (Å²) in [6.07, 6.45) is 4.41. The van der Waals surface area contributed by atoms with Crippen molar-refractivity contribution in [2.45, 2.75) is 57.9 Å². The molecule has 1 aromatic heterocycles. The standard InChI is InChI=1S/C12H21N3O/c1-4-9-6-5-7-12(9,13)11-14-10(8(2)3)16-15-11/h8-9H,4-7,13H2,1-3H3. The van der Waals surface area contributed by atoms with E-state index in [0.717, 1.165) is 12.8 Å². The van der Waals surface area contributed by atoms with Crippen LogP contribution < -0.4 is 5.73 Å². The van der Waals surface area contributed by atoms with Crippen LogP contribution in [0.15, 0.2) is 4.52 Å². The molecule has 1 aliphatic carbocycles. The molecule has 0 aromatic carbocycles. The molecule has 0 spiro atoms. The molecule has 1 saturated carbocycles. The molecule has 2 atom stereocenters. The first kappa shape index (κ1) is 11.6. The Balaban J connectivity index is 2.28. The molecule has 0 bridgehead atoms. The van der Waals surface area contributed by atoms with E-state index in [2.05, 4.69) is 17.1 Å². The summed E-state index contributed by atoms with van der Waals surface area (Å²) in [6, 6.07) is 0. The molecule has 0 radical (unpaired) electrons. The van der Waals surface area contributed by atoms with Crippen LogP contribution in [0.1, 0.15) is 64.1 Å². The van der Waals surface area contributed by atoms with Crippen molar-refractivity contribution in [2.75, 3.05) is 0 Å². The summed E-state index contributed by atoms with van der Waals surface area (Å²) in [4.78, 5) is 4.46. The van der Waals surface area contributed by atoms with Crippen molar-refractivity contribution in [1.29, 1.82) is 0 Å². The average molecular weight is 223 g/mol. The highest BCUT2D eigenvalue weighted by molar-refractivity contribution is 5.10. The fraction of sp³-hybridized carbons (Fsp3) is 0.833. The molecule has 0 saturated heterocycles. The Morgan fingerprint density at radius 1 is 1.56 bits per heavy atom. The molecule has 4 heteroatoms. The summed E-state index contributed by atoms with van der Waals surface area (Å²) >= 11 is 0. The van der Waals surface area contributed by atoms with Gasteiger partial charge in [-0.15, -0.1) is 0 Å².